The maximum Gasteiger partial charge on any atom is 0.270 e. The lowest BCUT2D eigenvalue weighted by atomic mass is 10.1. The van der Waals surface area contributed by atoms with E-state index in [0.29, 0.717) is 21.5 Å². The molecule has 0 aliphatic carbocycles. The van der Waals surface area contributed by atoms with Gasteiger partial charge in [-0.1, -0.05) is 23.7 Å². The number of nitriles is 1. The number of nitrogens with zero attached hydrogens (tertiary/aromatic N) is 3. The maximum absolute atomic E-state index is 12.2. The third-order valence-electron chi connectivity index (χ3n) is 3.44. The number of aromatic nitrogens is 2. The molecule has 8 heteroatoms. The Labute approximate surface area is 146 Å². The molecule has 25 heavy (non-hydrogen) atoms. The molecule has 0 fully saturated rings. The molecule has 0 radical (unpaired) electrons. The van der Waals surface area contributed by atoms with Crippen molar-refractivity contribution < 1.29 is 4.92 Å². The second-order valence-corrected chi connectivity index (χ2v) is 5.53. The smallest absolute Gasteiger partial charge is 0.270 e. The topological polar surface area (TPSA) is 113 Å². The quantitative estimate of drug-likeness (QED) is 0.440. The van der Waals surface area contributed by atoms with Crippen LogP contribution in [0.3, 0.4) is 0 Å². The predicted molar refractivity (Wildman–Crippen MR) is 94.0 cm³/mol. The third-order valence-corrected chi connectivity index (χ3v) is 3.67. The minimum Gasteiger partial charge on any atom is -0.305 e. The van der Waals surface area contributed by atoms with Crippen molar-refractivity contribution >= 4 is 39.8 Å². The second-order valence-electron chi connectivity index (χ2n) is 5.10. The van der Waals surface area contributed by atoms with Crippen LogP contribution in [0.1, 0.15) is 11.4 Å². The number of H-pyrrole nitrogens is 1. The minimum atomic E-state index is -0.526. The SMILES string of the molecule is N#C/C(=C\c1cccc([N+](=O)[O-])c1)c1nc2cc(Cl)ccc2c(=O)[nH]1. The molecule has 0 aliphatic heterocycles. The first-order valence-corrected chi connectivity index (χ1v) is 7.42. The molecule has 2 aromatic carbocycles. The Kier molecular flexibility index (Phi) is 4.29. The van der Waals surface area contributed by atoms with Crippen molar-refractivity contribution in [1.29, 1.82) is 5.26 Å². The summed E-state index contributed by atoms with van der Waals surface area (Å²) in [6.07, 6.45) is 1.42. The summed E-state index contributed by atoms with van der Waals surface area (Å²) < 4.78 is 0. The zero-order valence-electron chi connectivity index (χ0n) is 12.6. The Morgan fingerprint density at radius 1 is 1.32 bits per heavy atom. The summed E-state index contributed by atoms with van der Waals surface area (Å²) >= 11 is 5.92. The number of nitro benzene ring substituents is 1. The fourth-order valence-corrected chi connectivity index (χ4v) is 2.45. The summed E-state index contributed by atoms with van der Waals surface area (Å²) in [6, 6.07) is 12.4. The number of nitro groups is 1. The Hall–Kier alpha value is -3.50. The molecule has 1 aromatic heterocycles. The molecule has 0 spiro atoms. The molecule has 0 amide bonds. The van der Waals surface area contributed by atoms with Gasteiger partial charge in [0.2, 0.25) is 0 Å². The number of rotatable bonds is 3. The van der Waals surface area contributed by atoms with Gasteiger partial charge in [0.05, 0.1) is 21.4 Å². The van der Waals surface area contributed by atoms with Crippen molar-refractivity contribution in [3.05, 3.63) is 79.3 Å². The number of halogens is 1. The number of non-ortho nitro benzene ring substituents is 1. The van der Waals surface area contributed by atoms with Gasteiger partial charge in [-0.2, -0.15) is 5.26 Å². The first-order chi connectivity index (χ1) is 12.0. The normalized spacial score (nSPS) is 11.3. The molecule has 0 atom stereocenters. The van der Waals surface area contributed by atoms with Crippen molar-refractivity contribution in [2.75, 3.05) is 0 Å². The lowest BCUT2D eigenvalue weighted by Crippen LogP contribution is -2.11. The number of benzene rings is 2. The van der Waals surface area contributed by atoms with E-state index in [9.17, 15) is 20.2 Å². The number of hydrogen-bond acceptors (Lipinski definition) is 5. The predicted octanol–water partition coefficient (Wildman–Crippen LogP) is 3.55. The molecule has 0 saturated carbocycles. The zero-order valence-corrected chi connectivity index (χ0v) is 13.3. The third kappa shape index (κ3) is 3.39. The number of fused-ring (bicyclic) bond motifs is 1. The van der Waals surface area contributed by atoms with Crippen LogP contribution in [-0.2, 0) is 0 Å². The fraction of sp³-hybridized carbons (Fsp3) is 0. The Bertz CT molecular complexity index is 1130. The van der Waals surface area contributed by atoms with Gasteiger partial charge in [0, 0.05) is 17.2 Å². The van der Waals surface area contributed by atoms with Crippen LogP contribution in [0, 0.1) is 21.4 Å². The highest BCUT2D eigenvalue weighted by Gasteiger charge is 2.10. The summed E-state index contributed by atoms with van der Waals surface area (Å²) in [6.45, 7) is 0. The molecule has 7 nitrogen and oxygen atoms in total. The highest BCUT2D eigenvalue weighted by Crippen LogP contribution is 2.20. The summed E-state index contributed by atoms with van der Waals surface area (Å²) in [5, 5.41) is 21.0. The molecule has 0 bridgehead atoms. The highest BCUT2D eigenvalue weighted by atomic mass is 35.5. The molecule has 3 rings (SSSR count). The largest absolute Gasteiger partial charge is 0.305 e. The van der Waals surface area contributed by atoms with Gasteiger partial charge in [-0.15, -0.1) is 0 Å². The summed E-state index contributed by atoms with van der Waals surface area (Å²) in [5.41, 5.74) is 0.361. The maximum atomic E-state index is 12.2. The molecular weight excluding hydrogens is 344 g/mol. The Balaban J connectivity index is 2.14. The van der Waals surface area contributed by atoms with Crippen LogP contribution in [-0.4, -0.2) is 14.9 Å². The van der Waals surface area contributed by atoms with Crippen LogP contribution in [0.4, 0.5) is 5.69 Å². The number of nitrogens with one attached hydrogen (secondary N) is 1. The van der Waals surface area contributed by atoms with E-state index in [1.807, 2.05) is 6.07 Å². The van der Waals surface area contributed by atoms with Crippen LogP contribution in [0.5, 0.6) is 0 Å². The first-order valence-electron chi connectivity index (χ1n) is 7.04. The van der Waals surface area contributed by atoms with E-state index in [2.05, 4.69) is 9.97 Å². The molecule has 1 N–H and O–H groups in total. The van der Waals surface area contributed by atoms with E-state index in [1.54, 1.807) is 18.2 Å². The van der Waals surface area contributed by atoms with Crippen molar-refractivity contribution in [2.45, 2.75) is 0 Å². The summed E-state index contributed by atoms with van der Waals surface area (Å²) in [5.74, 6) is 0.0637. The fourth-order valence-electron chi connectivity index (χ4n) is 2.29. The standard InChI is InChI=1S/C17H9ClN4O3/c18-12-4-5-14-15(8-12)20-16(21-17(14)23)11(9-19)6-10-2-1-3-13(7-10)22(24)25/h1-8H,(H,20,21,23)/b11-6+. The van der Waals surface area contributed by atoms with Crippen LogP contribution < -0.4 is 5.56 Å². The van der Waals surface area contributed by atoms with E-state index in [1.165, 1.54) is 30.3 Å². The molecule has 0 unspecified atom stereocenters. The average Bonchev–Trinajstić information content (AvgIpc) is 2.59. The van der Waals surface area contributed by atoms with Crippen molar-refractivity contribution in [3.63, 3.8) is 0 Å². The van der Waals surface area contributed by atoms with Gasteiger partial charge < -0.3 is 4.98 Å². The van der Waals surface area contributed by atoms with Gasteiger partial charge in [0.15, 0.2) is 5.82 Å². The minimum absolute atomic E-state index is 0.0637. The number of aromatic amines is 1. The van der Waals surface area contributed by atoms with E-state index in [-0.39, 0.29) is 17.1 Å². The van der Waals surface area contributed by atoms with E-state index >= 15 is 0 Å². The molecule has 122 valence electrons. The van der Waals surface area contributed by atoms with Gasteiger partial charge in [-0.3, -0.25) is 14.9 Å². The van der Waals surface area contributed by atoms with Gasteiger partial charge >= 0.3 is 0 Å². The van der Waals surface area contributed by atoms with Crippen LogP contribution >= 0.6 is 11.6 Å². The molecule has 0 saturated heterocycles. The van der Waals surface area contributed by atoms with Crippen LogP contribution in [0.25, 0.3) is 22.6 Å². The average molecular weight is 353 g/mol. The molecule has 1 heterocycles. The van der Waals surface area contributed by atoms with Crippen molar-refractivity contribution in [1.82, 2.24) is 9.97 Å². The highest BCUT2D eigenvalue weighted by molar-refractivity contribution is 6.31. The number of allylic oxidation sites excluding steroid dienone is 1. The number of hydrogen-bond donors (Lipinski definition) is 1. The van der Waals surface area contributed by atoms with Gasteiger partial charge in [0.25, 0.3) is 11.2 Å². The first kappa shape index (κ1) is 16.4. The van der Waals surface area contributed by atoms with Crippen LogP contribution in [0.15, 0.2) is 47.3 Å². The summed E-state index contributed by atoms with van der Waals surface area (Å²) in [4.78, 5) is 29.3. The molecule has 0 aliphatic rings. The molecular formula is C17H9ClN4O3. The van der Waals surface area contributed by atoms with Gasteiger partial charge in [0.1, 0.15) is 6.07 Å². The summed E-state index contributed by atoms with van der Waals surface area (Å²) in [7, 11) is 0. The zero-order chi connectivity index (χ0) is 18.0. The van der Waals surface area contributed by atoms with E-state index in [4.69, 9.17) is 11.6 Å². The van der Waals surface area contributed by atoms with E-state index < -0.39 is 10.5 Å². The van der Waals surface area contributed by atoms with E-state index in [0.717, 1.165) is 0 Å². The Morgan fingerprint density at radius 2 is 2.12 bits per heavy atom. The lowest BCUT2D eigenvalue weighted by molar-refractivity contribution is -0.384. The van der Waals surface area contributed by atoms with Crippen molar-refractivity contribution in [2.24, 2.45) is 0 Å². The monoisotopic (exact) mass is 352 g/mol. The second kappa shape index (κ2) is 6.55. The lowest BCUT2D eigenvalue weighted by Gasteiger charge is -2.03. The van der Waals surface area contributed by atoms with Crippen LogP contribution in [0.2, 0.25) is 5.02 Å². The van der Waals surface area contributed by atoms with Crippen molar-refractivity contribution in [3.8, 4) is 6.07 Å². The van der Waals surface area contributed by atoms with Gasteiger partial charge in [-0.25, -0.2) is 4.98 Å². The van der Waals surface area contributed by atoms with Gasteiger partial charge in [-0.05, 0) is 29.8 Å². The Morgan fingerprint density at radius 3 is 2.84 bits per heavy atom. The molecule has 3 aromatic rings.